The van der Waals surface area contributed by atoms with Crippen LogP contribution in [0, 0.1) is 6.92 Å². The Labute approximate surface area is 144 Å². The van der Waals surface area contributed by atoms with Gasteiger partial charge in [0.1, 0.15) is 11.5 Å². The normalized spacial score (nSPS) is 10.0. The molecular formula is C17H19BrN2O3. The maximum absolute atomic E-state index is 11.8. The summed E-state index contributed by atoms with van der Waals surface area (Å²) in [7, 11) is 0. The minimum atomic E-state index is -0.322. The number of hydrogen-bond acceptors (Lipinski definition) is 3. The van der Waals surface area contributed by atoms with Crippen molar-refractivity contribution >= 4 is 27.6 Å². The highest BCUT2D eigenvalue weighted by Crippen LogP contribution is 2.20. The third-order valence-electron chi connectivity index (χ3n) is 3.02. The summed E-state index contributed by atoms with van der Waals surface area (Å²) in [6, 6.07) is 12.5. The van der Waals surface area contributed by atoms with Gasteiger partial charge >= 0.3 is 6.03 Å². The van der Waals surface area contributed by atoms with Crippen LogP contribution in [0.5, 0.6) is 11.5 Å². The fraction of sp³-hybridized carbons (Fsp3) is 0.235. The van der Waals surface area contributed by atoms with Crippen LogP contribution in [-0.2, 0) is 0 Å². The van der Waals surface area contributed by atoms with Gasteiger partial charge in [0.2, 0.25) is 0 Å². The number of hydrogen-bond donors (Lipinski definition) is 2. The standard InChI is InChI=1S/C17H19BrN2O3/c1-3-22-14-5-7-15(8-6-14)23-11-19-17(21)20-13-4-9-16(18)12(2)10-13/h4-10H,3,11H2,1-2H3,(H2,19,20,21). The summed E-state index contributed by atoms with van der Waals surface area (Å²) in [6.45, 7) is 4.59. The Morgan fingerprint density at radius 3 is 2.35 bits per heavy atom. The lowest BCUT2D eigenvalue weighted by atomic mass is 10.2. The molecule has 0 spiro atoms. The molecule has 2 aromatic rings. The van der Waals surface area contributed by atoms with Crippen molar-refractivity contribution in [3.05, 3.63) is 52.5 Å². The van der Waals surface area contributed by atoms with Gasteiger partial charge in [-0.25, -0.2) is 4.79 Å². The largest absolute Gasteiger partial charge is 0.494 e. The Balaban J connectivity index is 1.76. The number of carbonyl (C=O) groups excluding carboxylic acids is 1. The molecule has 5 nitrogen and oxygen atoms in total. The minimum absolute atomic E-state index is 0.0787. The molecule has 0 aliphatic heterocycles. The zero-order valence-electron chi connectivity index (χ0n) is 13.1. The number of urea groups is 1. The van der Waals surface area contributed by atoms with Crippen LogP contribution < -0.4 is 20.1 Å². The lowest BCUT2D eigenvalue weighted by Crippen LogP contribution is -2.32. The summed E-state index contributed by atoms with van der Waals surface area (Å²) in [5.41, 5.74) is 1.78. The van der Waals surface area contributed by atoms with E-state index in [2.05, 4.69) is 26.6 Å². The molecule has 0 aliphatic rings. The molecule has 122 valence electrons. The summed E-state index contributed by atoms with van der Waals surface area (Å²) >= 11 is 3.42. The first kappa shape index (κ1) is 17.1. The van der Waals surface area contributed by atoms with Crippen molar-refractivity contribution in [3.63, 3.8) is 0 Å². The first-order chi connectivity index (χ1) is 11.1. The fourth-order valence-electron chi connectivity index (χ4n) is 1.88. The molecule has 23 heavy (non-hydrogen) atoms. The molecule has 0 unspecified atom stereocenters. The molecule has 2 rings (SSSR count). The lowest BCUT2D eigenvalue weighted by molar-refractivity contribution is 0.234. The van der Waals surface area contributed by atoms with Gasteiger partial charge in [-0.15, -0.1) is 0 Å². The maximum atomic E-state index is 11.8. The molecular weight excluding hydrogens is 360 g/mol. The molecule has 0 aromatic heterocycles. The van der Waals surface area contributed by atoms with E-state index in [9.17, 15) is 4.79 Å². The molecule has 2 aromatic carbocycles. The van der Waals surface area contributed by atoms with E-state index in [0.29, 0.717) is 12.4 Å². The zero-order chi connectivity index (χ0) is 16.7. The SMILES string of the molecule is CCOc1ccc(OCNC(=O)Nc2ccc(Br)c(C)c2)cc1. The van der Waals surface area contributed by atoms with E-state index in [0.717, 1.165) is 21.5 Å². The molecule has 2 N–H and O–H groups in total. The predicted octanol–water partition coefficient (Wildman–Crippen LogP) is 4.31. The molecule has 2 amide bonds. The summed E-state index contributed by atoms with van der Waals surface area (Å²) in [5, 5.41) is 5.39. The van der Waals surface area contributed by atoms with Crippen LogP contribution in [0.15, 0.2) is 46.9 Å². The number of rotatable bonds is 6. The van der Waals surface area contributed by atoms with Gasteiger partial charge in [-0.05, 0) is 61.9 Å². The quantitative estimate of drug-likeness (QED) is 0.736. The zero-order valence-corrected chi connectivity index (χ0v) is 14.6. The van der Waals surface area contributed by atoms with Crippen molar-refractivity contribution in [1.82, 2.24) is 5.32 Å². The smallest absolute Gasteiger partial charge is 0.321 e. The number of amides is 2. The Bertz CT molecular complexity index is 659. The van der Waals surface area contributed by atoms with E-state index in [1.807, 2.05) is 44.2 Å². The van der Waals surface area contributed by atoms with Gasteiger partial charge in [0, 0.05) is 10.2 Å². The lowest BCUT2D eigenvalue weighted by Gasteiger charge is -2.10. The molecule has 0 radical (unpaired) electrons. The summed E-state index contributed by atoms with van der Waals surface area (Å²) in [6.07, 6.45) is 0. The Morgan fingerprint density at radius 1 is 1.09 bits per heavy atom. The summed E-state index contributed by atoms with van der Waals surface area (Å²) in [4.78, 5) is 11.8. The Morgan fingerprint density at radius 2 is 1.74 bits per heavy atom. The van der Waals surface area contributed by atoms with Gasteiger partial charge in [0.25, 0.3) is 0 Å². The summed E-state index contributed by atoms with van der Waals surface area (Å²) < 4.78 is 11.8. The van der Waals surface area contributed by atoms with Gasteiger partial charge in [0.05, 0.1) is 6.61 Å². The van der Waals surface area contributed by atoms with E-state index in [1.54, 1.807) is 12.1 Å². The first-order valence-corrected chi connectivity index (χ1v) is 8.04. The topological polar surface area (TPSA) is 59.6 Å². The monoisotopic (exact) mass is 378 g/mol. The highest BCUT2D eigenvalue weighted by Gasteiger charge is 2.03. The van der Waals surface area contributed by atoms with Crippen molar-refractivity contribution in [2.75, 3.05) is 18.7 Å². The van der Waals surface area contributed by atoms with Gasteiger partial charge in [0.15, 0.2) is 6.73 Å². The van der Waals surface area contributed by atoms with Crippen molar-refractivity contribution in [2.24, 2.45) is 0 Å². The molecule has 6 heteroatoms. The van der Waals surface area contributed by atoms with Gasteiger partial charge in [-0.2, -0.15) is 0 Å². The number of halogens is 1. The van der Waals surface area contributed by atoms with Gasteiger partial charge in [-0.1, -0.05) is 15.9 Å². The van der Waals surface area contributed by atoms with Crippen LogP contribution in [0.2, 0.25) is 0 Å². The minimum Gasteiger partial charge on any atom is -0.494 e. The number of anilines is 1. The van der Waals surface area contributed by atoms with E-state index in [1.165, 1.54) is 0 Å². The fourth-order valence-corrected chi connectivity index (χ4v) is 2.13. The average Bonchev–Trinajstić information content (AvgIpc) is 2.53. The van der Waals surface area contributed by atoms with Crippen molar-refractivity contribution in [2.45, 2.75) is 13.8 Å². The van der Waals surface area contributed by atoms with Crippen molar-refractivity contribution < 1.29 is 14.3 Å². The third-order valence-corrected chi connectivity index (χ3v) is 3.91. The number of nitrogens with one attached hydrogen (secondary N) is 2. The maximum Gasteiger partial charge on any atom is 0.321 e. The Hall–Kier alpha value is -2.21. The first-order valence-electron chi connectivity index (χ1n) is 7.25. The molecule has 0 aliphatic carbocycles. The predicted molar refractivity (Wildman–Crippen MR) is 94.1 cm³/mol. The van der Waals surface area contributed by atoms with Crippen molar-refractivity contribution in [3.8, 4) is 11.5 Å². The van der Waals surface area contributed by atoms with Crippen LogP contribution in [0.3, 0.4) is 0 Å². The second-order valence-electron chi connectivity index (χ2n) is 4.79. The highest BCUT2D eigenvalue weighted by molar-refractivity contribution is 9.10. The number of aryl methyl sites for hydroxylation is 1. The van der Waals surface area contributed by atoms with Crippen molar-refractivity contribution in [1.29, 1.82) is 0 Å². The average molecular weight is 379 g/mol. The molecule has 0 saturated heterocycles. The summed E-state index contributed by atoms with van der Waals surface area (Å²) in [5.74, 6) is 1.45. The van der Waals surface area contributed by atoms with Crippen LogP contribution in [0.4, 0.5) is 10.5 Å². The third kappa shape index (κ3) is 5.49. The van der Waals surface area contributed by atoms with Crippen LogP contribution in [0.25, 0.3) is 0 Å². The van der Waals surface area contributed by atoms with Crippen LogP contribution in [0.1, 0.15) is 12.5 Å². The number of ether oxygens (including phenoxy) is 2. The molecule has 0 heterocycles. The van der Waals surface area contributed by atoms with Crippen LogP contribution >= 0.6 is 15.9 Å². The van der Waals surface area contributed by atoms with E-state index < -0.39 is 0 Å². The van der Waals surface area contributed by atoms with E-state index in [4.69, 9.17) is 9.47 Å². The number of carbonyl (C=O) groups is 1. The van der Waals surface area contributed by atoms with E-state index in [-0.39, 0.29) is 12.8 Å². The van der Waals surface area contributed by atoms with Crippen LogP contribution in [-0.4, -0.2) is 19.4 Å². The molecule has 0 atom stereocenters. The molecule has 0 saturated carbocycles. The van der Waals surface area contributed by atoms with Gasteiger partial charge in [-0.3, -0.25) is 0 Å². The second-order valence-corrected chi connectivity index (χ2v) is 5.64. The number of benzene rings is 2. The van der Waals surface area contributed by atoms with E-state index >= 15 is 0 Å². The molecule has 0 fully saturated rings. The second kappa shape index (κ2) is 8.43. The highest BCUT2D eigenvalue weighted by atomic mass is 79.9. The Kier molecular flexibility index (Phi) is 6.29. The van der Waals surface area contributed by atoms with Gasteiger partial charge < -0.3 is 20.1 Å². The molecule has 0 bridgehead atoms.